The highest BCUT2D eigenvalue weighted by molar-refractivity contribution is 5.75. The Balaban J connectivity index is 2.24. The van der Waals surface area contributed by atoms with Crippen LogP contribution in [0.2, 0.25) is 0 Å². The molecule has 0 unspecified atom stereocenters. The van der Waals surface area contributed by atoms with Crippen molar-refractivity contribution in [1.82, 2.24) is 5.32 Å². The lowest BCUT2D eigenvalue weighted by molar-refractivity contribution is -0.122. The van der Waals surface area contributed by atoms with Gasteiger partial charge in [0.15, 0.2) is 0 Å². The number of carbonyl (C=O) groups excluding carboxylic acids is 1. The van der Waals surface area contributed by atoms with Gasteiger partial charge in [0.25, 0.3) is 0 Å². The van der Waals surface area contributed by atoms with E-state index in [-0.39, 0.29) is 17.9 Å². The molecule has 0 atom stereocenters. The predicted molar refractivity (Wildman–Crippen MR) is 65.1 cm³/mol. The summed E-state index contributed by atoms with van der Waals surface area (Å²) in [5.41, 5.74) is -0.0203. The maximum Gasteiger partial charge on any atom is 0.220 e. The van der Waals surface area contributed by atoms with Gasteiger partial charge in [0.2, 0.25) is 5.91 Å². The van der Waals surface area contributed by atoms with Crippen LogP contribution in [0.4, 0.5) is 0 Å². The highest BCUT2D eigenvalue weighted by Crippen LogP contribution is 2.36. The van der Waals surface area contributed by atoms with Crippen LogP contribution in [0.15, 0.2) is 0 Å². The van der Waals surface area contributed by atoms with Crippen molar-refractivity contribution in [3.8, 4) is 0 Å². The second-order valence-corrected chi connectivity index (χ2v) is 5.57. The summed E-state index contributed by atoms with van der Waals surface area (Å²) in [6.45, 7) is 5.11. The number of hydrogen-bond donors (Lipinski definition) is 2. The lowest BCUT2D eigenvalue weighted by atomic mass is 9.87. The van der Waals surface area contributed by atoms with Gasteiger partial charge in [-0.05, 0) is 25.2 Å². The topological polar surface area (TPSA) is 49.3 Å². The third-order valence-electron chi connectivity index (χ3n) is 3.61. The van der Waals surface area contributed by atoms with Gasteiger partial charge in [0.1, 0.15) is 0 Å². The van der Waals surface area contributed by atoms with E-state index in [9.17, 15) is 9.90 Å². The Morgan fingerprint density at radius 3 is 2.50 bits per heavy atom. The Hall–Kier alpha value is -0.570. The summed E-state index contributed by atoms with van der Waals surface area (Å²) >= 11 is 0. The summed E-state index contributed by atoms with van der Waals surface area (Å²) in [4.78, 5) is 11.6. The molecule has 0 aromatic carbocycles. The van der Waals surface area contributed by atoms with E-state index in [1.165, 1.54) is 12.8 Å². The van der Waals surface area contributed by atoms with Crippen LogP contribution in [0.25, 0.3) is 0 Å². The molecule has 0 aromatic rings. The molecule has 1 fully saturated rings. The molecule has 0 bridgehead atoms. The van der Waals surface area contributed by atoms with Crippen LogP contribution in [0, 0.1) is 11.3 Å². The van der Waals surface area contributed by atoms with Crippen molar-refractivity contribution < 1.29 is 9.90 Å². The average Bonchev–Trinajstić information content (AvgIpc) is 2.73. The average molecular weight is 227 g/mol. The fourth-order valence-electron chi connectivity index (χ4n) is 2.31. The molecular weight excluding hydrogens is 202 g/mol. The zero-order chi connectivity index (χ0) is 12.0. The first kappa shape index (κ1) is 13.5. The maximum absolute atomic E-state index is 11.6. The number of aliphatic hydroxyl groups is 1. The highest BCUT2D eigenvalue weighted by atomic mass is 16.3. The van der Waals surface area contributed by atoms with E-state index in [2.05, 4.69) is 19.2 Å². The van der Waals surface area contributed by atoms with Crippen LogP contribution >= 0.6 is 0 Å². The van der Waals surface area contributed by atoms with Crippen LogP contribution in [0.3, 0.4) is 0 Å². The fourth-order valence-corrected chi connectivity index (χ4v) is 2.31. The van der Waals surface area contributed by atoms with E-state index in [0.717, 1.165) is 19.3 Å². The minimum atomic E-state index is -0.0203. The molecule has 1 rings (SSSR count). The normalized spacial score (nSPS) is 19.0. The minimum absolute atomic E-state index is 0.0203. The van der Waals surface area contributed by atoms with Crippen LogP contribution < -0.4 is 5.32 Å². The Morgan fingerprint density at radius 2 is 2.00 bits per heavy atom. The number of amides is 1. The summed E-state index contributed by atoms with van der Waals surface area (Å²) in [5.74, 6) is 0.706. The first-order valence-electron chi connectivity index (χ1n) is 6.45. The van der Waals surface area contributed by atoms with Crippen LogP contribution in [0.5, 0.6) is 0 Å². The van der Waals surface area contributed by atoms with Crippen LogP contribution in [0.1, 0.15) is 52.4 Å². The molecule has 0 aliphatic heterocycles. The van der Waals surface area contributed by atoms with Gasteiger partial charge in [-0.2, -0.15) is 0 Å². The second kappa shape index (κ2) is 6.24. The number of hydrogen-bond acceptors (Lipinski definition) is 2. The molecule has 1 amide bonds. The van der Waals surface area contributed by atoms with Crippen molar-refractivity contribution in [2.24, 2.45) is 11.3 Å². The Kier molecular flexibility index (Phi) is 5.26. The van der Waals surface area contributed by atoms with Crippen molar-refractivity contribution >= 4 is 5.91 Å². The first-order chi connectivity index (χ1) is 7.58. The van der Waals surface area contributed by atoms with Gasteiger partial charge in [-0.1, -0.05) is 26.7 Å². The zero-order valence-electron chi connectivity index (χ0n) is 10.6. The molecule has 94 valence electrons. The van der Waals surface area contributed by atoms with Crippen molar-refractivity contribution in [2.45, 2.75) is 52.4 Å². The van der Waals surface area contributed by atoms with E-state index >= 15 is 0 Å². The Morgan fingerprint density at radius 1 is 1.38 bits per heavy atom. The molecule has 0 radical (unpaired) electrons. The number of nitrogens with one attached hydrogen (secondary N) is 1. The smallest absolute Gasteiger partial charge is 0.220 e. The molecule has 0 heterocycles. The first-order valence-corrected chi connectivity index (χ1v) is 6.45. The molecule has 0 aromatic heterocycles. The molecule has 1 aliphatic rings. The number of aliphatic hydroxyl groups excluding tert-OH is 1. The molecule has 1 saturated carbocycles. The second-order valence-electron chi connectivity index (χ2n) is 5.57. The summed E-state index contributed by atoms with van der Waals surface area (Å²) < 4.78 is 0. The number of carbonyl (C=O) groups is 1. The SMILES string of the molecule is CC(C)CCC(=O)NCC1(CO)CCCC1. The lowest BCUT2D eigenvalue weighted by Crippen LogP contribution is -2.38. The molecule has 16 heavy (non-hydrogen) atoms. The molecular formula is C13H25NO2. The monoisotopic (exact) mass is 227 g/mol. The van der Waals surface area contributed by atoms with Crippen molar-refractivity contribution in [1.29, 1.82) is 0 Å². The van der Waals surface area contributed by atoms with E-state index in [1.54, 1.807) is 0 Å². The summed E-state index contributed by atoms with van der Waals surface area (Å²) in [7, 11) is 0. The van der Waals surface area contributed by atoms with Gasteiger partial charge < -0.3 is 10.4 Å². The van der Waals surface area contributed by atoms with Crippen LogP contribution in [-0.2, 0) is 4.79 Å². The summed E-state index contributed by atoms with van der Waals surface area (Å²) in [6, 6.07) is 0. The van der Waals surface area contributed by atoms with Gasteiger partial charge in [-0.25, -0.2) is 0 Å². The minimum Gasteiger partial charge on any atom is -0.396 e. The molecule has 1 aliphatic carbocycles. The van der Waals surface area contributed by atoms with Gasteiger partial charge in [0.05, 0.1) is 6.61 Å². The van der Waals surface area contributed by atoms with Gasteiger partial charge in [-0.15, -0.1) is 0 Å². The fraction of sp³-hybridized carbons (Fsp3) is 0.923. The predicted octanol–water partition coefficient (Wildman–Crippen LogP) is 2.09. The van der Waals surface area contributed by atoms with Gasteiger partial charge >= 0.3 is 0 Å². The van der Waals surface area contributed by atoms with Crippen molar-refractivity contribution in [3.05, 3.63) is 0 Å². The lowest BCUT2D eigenvalue weighted by Gasteiger charge is -2.26. The van der Waals surface area contributed by atoms with E-state index in [4.69, 9.17) is 0 Å². The number of rotatable bonds is 6. The summed E-state index contributed by atoms with van der Waals surface area (Å²) in [5, 5.41) is 12.4. The highest BCUT2D eigenvalue weighted by Gasteiger charge is 2.33. The zero-order valence-corrected chi connectivity index (χ0v) is 10.6. The van der Waals surface area contributed by atoms with Gasteiger partial charge in [-0.3, -0.25) is 4.79 Å². The maximum atomic E-state index is 11.6. The van der Waals surface area contributed by atoms with E-state index < -0.39 is 0 Å². The Labute approximate surface area is 98.6 Å². The molecule has 0 saturated heterocycles. The largest absolute Gasteiger partial charge is 0.396 e. The molecule has 0 spiro atoms. The summed E-state index contributed by atoms with van der Waals surface area (Å²) in [6.07, 6.45) is 6.02. The molecule has 3 heteroatoms. The quantitative estimate of drug-likeness (QED) is 0.730. The van der Waals surface area contributed by atoms with E-state index in [1.807, 2.05) is 0 Å². The molecule has 3 nitrogen and oxygen atoms in total. The Bertz CT molecular complexity index is 220. The third-order valence-corrected chi connectivity index (χ3v) is 3.61. The third kappa shape index (κ3) is 4.12. The van der Waals surface area contributed by atoms with Crippen molar-refractivity contribution in [2.75, 3.05) is 13.2 Å². The van der Waals surface area contributed by atoms with Crippen LogP contribution in [-0.4, -0.2) is 24.2 Å². The standard InChI is InChI=1S/C13H25NO2/c1-11(2)5-6-12(16)14-9-13(10-15)7-3-4-8-13/h11,15H,3-10H2,1-2H3,(H,14,16). The van der Waals surface area contributed by atoms with Crippen molar-refractivity contribution in [3.63, 3.8) is 0 Å². The molecule has 2 N–H and O–H groups in total. The van der Waals surface area contributed by atoms with E-state index in [0.29, 0.717) is 18.9 Å². The van der Waals surface area contributed by atoms with Gasteiger partial charge in [0, 0.05) is 18.4 Å².